The maximum atomic E-state index is 11.9. The van der Waals surface area contributed by atoms with Crippen LogP contribution in [-0.2, 0) is 16.6 Å². The maximum Gasteiger partial charge on any atom is 0.269 e. The predicted octanol–water partition coefficient (Wildman–Crippen LogP) is 0.507. The Morgan fingerprint density at radius 3 is 2.45 bits per heavy atom. The molecule has 1 heterocycles. The third-order valence-corrected chi connectivity index (χ3v) is 4.42. The molecule has 0 spiro atoms. The first-order valence-electron chi connectivity index (χ1n) is 5.20. The molecule has 106 valence electrons. The summed E-state index contributed by atoms with van der Waals surface area (Å²) in [5.41, 5.74) is 5.20. The van der Waals surface area contributed by atoms with Gasteiger partial charge in [0, 0.05) is 12.1 Å². The van der Waals surface area contributed by atoms with Gasteiger partial charge in [0.1, 0.15) is 5.01 Å². The second-order valence-electron chi connectivity index (χ2n) is 3.61. The summed E-state index contributed by atoms with van der Waals surface area (Å²) in [5.74, 6) is 0. The molecule has 9 nitrogen and oxygen atoms in total. The number of hydrogen-bond donors (Lipinski definition) is 2. The molecule has 0 saturated heterocycles. The summed E-state index contributed by atoms with van der Waals surface area (Å²) < 4.78 is 26.2. The molecule has 0 atom stereocenters. The van der Waals surface area contributed by atoms with Crippen molar-refractivity contribution in [1.29, 1.82) is 0 Å². The SMILES string of the molecule is Nc1nnc(CNS(=O)(=O)c2ccc([N+](=O)[O-])cc2)s1. The summed E-state index contributed by atoms with van der Waals surface area (Å²) >= 11 is 1.07. The van der Waals surface area contributed by atoms with Crippen LogP contribution in [0.4, 0.5) is 10.8 Å². The summed E-state index contributed by atoms with van der Waals surface area (Å²) in [6.45, 7) is -0.0474. The van der Waals surface area contributed by atoms with Gasteiger partial charge < -0.3 is 5.73 Å². The number of hydrogen-bond acceptors (Lipinski definition) is 8. The number of anilines is 1. The Morgan fingerprint density at radius 1 is 1.30 bits per heavy atom. The van der Waals surface area contributed by atoms with Gasteiger partial charge in [0.15, 0.2) is 0 Å². The lowest BCUT2D eigenvalue weighted by Gasteiger charge is -2.04. The van der Waals surface area contributed by atoms with E-state index in [2.05, 4.69) is 14.9 Å². The van der Waals surface area contributed by atoms with Crippen LogP contribution in [0.3, 0.4) is 0 Å². The molecule has 0 aliphatic rings. The highest BCUT2D eigenvalue weighted by Crippen LogP contribution is 2.16. The van der Waals surface area contributed by atoms with Crippen molar-refractivity contribution in [2.24, 2.45) is 0 Å². The van der Waals surface area contributed by atoms with Crippen molar-refractivity contribution in [3.63, 3.8) is 0 Å². The Morgan fingerprint density at radius 2 is 1.95 bits per heavy atom. The van der Waals surface area contributed by atoms with Crippen LogP contribution in [0.1, 0.15) is 5.01 Å². The Kier molecular flexibility index (Phi) is 3.92. The number of sulfonamides is 1. The zero-order valence-electron chi connectivity index (χ0n) is 9.88. The number of nitrogens with one attached hydrogen (secondary N) is 1. The maximum absolute atomic E-state index is 11.9. The van der Waals surface area contributed by atoms with Crippen LogP contribution < -0.4 is 10.5 Å². The van der Waals surface area contributed by atoms with Crippen LogP contribution in [-0.4, -0.2) is 23.5 Å². The minimum absolute atomic E-state index is 0.0474. The highest BCUT2D eigenvalue weighted by atomic mass is 32.2. The molecule has 1 aromatic carbocycles. The van der Waals surface area contributed by atoms with E-state index < -0.39 is 14.9 Å². The molecule has 11 heteroatoms. The Hall–Kier alpha value is -2.11. The molecule has 0 amide bonds. The van der Waals surface area contributed by atoms with Gasteiger partial charge in [0.25, 0.3) is 5.69 Å². The standard InChI is InChI=1S/C9H9N5O4S2/c10-9-13-12-8(19-9)5-11-20(17,18)7-3-1-6(2-4-7)14(15)16/h1-4,11H,5H2,(H2,10,13). The number of benzene rings is 1. The van der Waals surface area contributed by atoms with Crippen molar-refractivity contribution in [2.45, 2.75) is 11.4 Å². The van der Waals surface area contributed by atoms with Gasteiger partial charge in [0.2, 0.25) is 15.2 Å². The fraction of sp³-hybridized carbons (Fsp3) is 0.111. The highest BCUT2D eigenvalue weighted by molar-refractivity contribution is 7.89. The van der Waals surface area contributed by atoms with Crippen LogP contribution in [0.5, 0.6) is 0 Å². The number of non-ortho nitro benzene ring substituents is 1. The first-order chi connectivity index (χ1) is 9.38. The largest absolute Gasteiger partial charge is 0.374 e. The number of aromatic nitrogens is 2. The van der Waals surface area contributed by atoms with Gasteiger partial charge in [-0.15, -0.1) is 10.2 Å². The van der Waals surface area contributed by atoms with Crippen molar-refractivity contribution in [3.05, 3.63) is 39.4 Å². The topological polar surface area (TPSA) is 141 Å². The van der Waals surface area contributed by atoms with Gasteiger partial charge in [0.05, 0.1) is 16.4 Å². The van der Waals surface area contributed by atoms with Gasteiger partial charge >= 0.3 is 0 Å². The molecular formula is C9H9N5O4S2. The summed E-state index contributed by atoms with van der Waals surface area (Å²) in [6.07, 6.45) is 0. The second-order valence-corrected chi connectivity index (χ2v) is 6.47. The molecule has 0 radical (unpaired) electrons. The molecule has 0 aliphatic heterocycles. The monoisotopic (exact) mass is 315 g/mol. The molecule has 2 rings (SSSR count). The quantitative estimate of drug-likeness (QED) is 0.604. The fourth-order valence-corrected chi connectivity index (χ4v) is 2.95. The van der Waals surface area contributed by atoms with E-state index in [0.29, 0.717) is 5.01 Å². The molecule has 0 fully saturated rings. The molecule has 1 aromatic heterocycles. The number of nitrogens with two attached hydrogens (primary N) is 1. The van der Waals surface area contributed by atoms with Gasteiger partial charge in [-0.1, -0.05) is 11.3 Å². The molecule has 2 aromatic rings. The number of nitrogen functional groups attached to an aromatic ring is 1. The summed E-state index contributed by atoms with van der Waals surface area (Å²) in [5, 5.41) is 18.4. The highest BCUT2D eigenvalue weighted by Gasteiger charge is 2.16. The third-order valence-electron chi connectivity index (χ3n) is 2.25. The summed E-state index contributed by atoms with van der Waals surface area (Å²) in [7, 11) is -3.77. The number of nitro benzene ring substituents is 1. The molecule has 0 bridgehead atoms. The lowest BCUT2D eigenvalue weighted by molar-refractivity contribution is -0.384. The van der Waals surface area contributed by atoms with Crippen LogP contribution in [0, 0.1) is 10.1 Å². The first-order valence-corrected chi connectivity index (χ1v) is 7.50. The van der Waals surface area contributed by atoms with Crippen molar-refractivity contribution < 1.29 is 13.3 Å². The van der Waals surface area contributed by atoms with Gasteiger partial charge in [-0.2, -0.15) is 0 Å². The van der Waals surface area contributed by atoms with Crippen molar-refractivity contribution >= 4 is 32.2 Å². The molecule has 20 heavy (non-hydrogen) atoms. The average Bonchev–Trinajstić information content (AvgIpc) is 2.82. The average molecular weight is 315 g/mol. The van der Waals surface area contributed by atoms with Crippen molar-refractivity contribution in [2.75, 3.05) is 5.73 Å². The van der Waals surface area contributed by atoms with E-state index in [9.17, 15) is 18.5 Å². The first kappa shape index (κ1) is 14.3. The normalized spacial score (nSPS) is 11.4. The van der Waals surface area contributed by atoms with Crippen LogP contribution >= 0.6 is 11.3 Å². The Labute approximate surface area is 117 Å². The number of nitro groups is 1. The molecule has 3 N–H and O–H groups in total. The summed E-state index contributed by atoms with van der Waals surface area (Å²) in [6, 6.07) is 4.57. The van der Waals surface area contributed by atoms with Gasteiger partial charge in [-0.05, 0) is 12.1 Å². The minimum atomic E-state index is -3.77. The minimum Gasteiger partial charge on any atom is -0.374 e. The smallest absolute Gasteiger partial charge is 0.269 e. The van der Waals surface area contributed by atoms with E-state index in [4.69, 9.17) is 5.73 Å². The van der Waals surface area contributed by atoms with E-state index in [-0.39, 0.29) is 22.3 Å². The van der Waals surface area contributed by atoms with Crippen LogP contribution in [0.25, 0.3) is 0 Å². The molecule has 0 saturated carbocycles. The van der Waals surface area contributed by atoms with Crippen LogP contribution in [0.2, 0.25) is 0 Å². The fourth-order valence-electron chi connectivity index (χ4n) is 1.33. The lowest BCUT2D eigenvalue weighted by Crippen LogP contribution is -2.23. The van der Waals surface area contributed by atoms with Crippen molar-refractivity contribution in [3.8, 4) is 0 Å². The second kappa shape index (κ2) is 5.48. The van der Waals surface area contributed by atoms with Gasteiger partial charge in [-0.25, -0.2) is 13.1 Å². The van der Waals surface area contributed by atoms with Gasteiger partial charge in [-0.3, -0.25) is 10.1 Å². The van der Waals surface area contributed by atoms with E-state index in [1.54, 1.807) is 0 Å². The van der Waals surface area contributed by atoms with E-state index in [1.165, 1.54) is 0 Å². The zero-order chi connectivity index (χ0) is 14.8. The zero-order valence-corrected chi connectivity index (χ0v) is 11.5. The molecular weight excluding hydrogens is 306 g/mol. The molecule has 0 unspecified atom stereocenters. The number of rotatable bonds is 5. The van der Waals surface area contributed by atoms with E-state index in [0.717, 1.165) is 35.6 Å². The van der Waals surface area contributed by atoms with Crippen LogP contribution in [0.15, 0.2) is 29.2 Å². The predicted molar refractivity (Wildman–Crippen MR) is 71.4 cm³/mol. The third kappa shape index (κ3) is 3.26. The molecule has 0 aliphatic carbocycles. The van der Waals surface area contributed by atoms with E-state index >= 15 is 0 Å². The summed E-state index contributed by atoms with van der Waals surface area (Å²) in [4.78, 5) is 9.82. The number of nitrogens with zero attached hydrogens (tertiary/aromatic N) is 3. The Balaban J connectivity index is 2.11. The van der Waals surface area contributed by atoms with E-state index in [1.807, 2.05) is 0 Å². The lowest BCUT2D eigenvalue weighted by atomic mass is 10.3. The Bertz CT molecular complexity index is 725. The van der Waals surface area contributed by atoms with Crippen molar-refractivity contribution in [1.82, 2.24) is 14.9 Å².